The van der Waals surface area contributed by atoms with Crippen LogP contribution in [0.1, 0.15) is 67.1 Å². The molecule has 2 atom stereocenters. The van der Waals surface area contributed by atoms with Gasteiger partial charge in [0.2, 0.25) is 0 Å². The summed E-state index contributed by atoms with van der Waals surface area (Å²) in [6.45, 7) is 25.0. The third kappa shape index (κ3) is 4.51. The number of rotatable bonds is 10. The van der Waals surface area contributed by atoms with E-state index in [1.165, 1.54) is 0 Å². The summed E-state index contributed by atoms with van der Waals surface area (Å²) in [6, 6.07) is 7.98. The van der Waals surface area contributed by atoms with Gasteiger partial charge in [-0.3, -0.25) is 19.5 Å². The third-order valence-electron chi connectivity index (χ3n) is 6.25. The lowest BCUT2D eigenvalue weighted by atomic mass is 10.1. The lowest BCUT2D eigenvalue weighted by Crippen LogP contribution is -2.55. The molecule has 6 nitrogen and oxygen atoms in total. The monoisotopic (exact) mass is 499 g/mol. The van der Waals surface area contributed by atoms with Crippen molar-refractivity contribution in [3.05, 3.63) is 39.9 Å². The molecular weight excluding hydrogens is 457 g/mol. The molecule has 1 heterocycles. The molecule has 9 heteroatoms. The van der Waals surface area contributed by atoms with E-state index in [4.69, 9.17) is 16.5 Å². The number of hydrogen-bond acceptors (Lipinski definition) is 4. The van der Waals surface area contributed by atoms with Crippen molar-refractivity contribution in [2.24, 2.45) is 0 Å². The first kappa shape index (κ1) is 27.6. The summed E-state index contributed by atoms with van der Waals surface area (Å²) in [5.74, 6) is 0. The van der Waals surface area contributed by atoms with E-state index in [2.05, 4.69) is 84.4 Å². The van der Waals surface area contributed by atoms with Gasteiger partial charge in [-0.05, 0) is 73.1 Å². The van der Waals surface area contributed by atoms with E-state index in [9.17, 15) is 10.1 Å². The molecule has 0 amide bonds. The first-order valence-corrected chi connectivity index (χ1v) is 17.8. The van der Waals surface area contributed by atoms with Crippen LogP contribution in [-0.4, -0.2) is 51.5 Å². The maximum absolute atomic E-state index is 11.2. The Balaban J connectivity index is 2.80. The van der Waals surface area contributed by atoms with Gasteiger partial charge in [-0.15, -0.1) is 0 Å². The smallest absolute Gasteiger partial charge is 0.269 e. The summed E-state index contributed by atoms with van der Waals surface area (Å²) >= 11 is 6.91. The molecule has 0 aliphatic carbocycles. The Morgan fingerprint density at radius 1 is 0.938 bits per heavy atom. The Hall–Kier alpha value is -0.633. The van der Waals surface area contributed by atoms with Crippen molar-refractivity contribution in [1.82, 2.24) is 9.34 Å². The molecular formula is C23H42N3O3PSSi. The summed E-state index contributed by atoms with van der Waals surface area (Å²) in [6.07, 6.45) is -2.56. The van der Waals surface area contributed by atoms with Crippen LogP contribution in [0.3, 0.4) is 0 Å². The highest BCUT2D eigenvalue weighted by atomic mass is 32.4. The molecule has 2 rings (SSSR count). The molecule has 32 heavy (non-hydrogen) atoms. The molecule has 1 saturated heterocycles. The average Bonchev–Trinajstić information content (AvgIpc) is 3.37. The van der Waals surface area contributed by atoms with Gasteiger partial charge in [-0.1, -0.05) is 31.4 Å². The Bertz CT molecular complexity index is 830. The molecule has 1 aliphatic rings. The second-order valence-corrected chi connectivity index (χ2v) is 20.8. The predicted octanol–water partition coefficient (Wildman–Crippen LogP) is 6.79. The van der Waals surface area contributed by atoms with Crippen LogP contribution in [0.15, 0.2) is 24.3 Å². The first-order chi connectivity index (χ1) is 14.5. The number of epoxide rings is 1. The van der Waals surface area contributed by atoms with Crippen molar-refractivity contribution in [2.45, 2.75) is 110 Å². The van der Waals surface area contributed by atoms with Crippen LogP contribution in [0.4, 0.5) is 5.69 Å². The van der Waals surface area contributed by atoms with Crippen LogP contribution < -0.4 is 0 Å². The average molecular weight is 500 g/mol. The van der Waals surface area contributed by atoms with Gasteiger partial charge in [-0.2, -0.15) is 0 Å². The molecule has 0 unspecified atom stereocenters. The summed E-state index contributed by atoms with van der Waals surface area (Å²) < 4.78 is 12.0. The lowest BCUT2D eigenvalue weighted by molar-refractivity contribution is -0.384. The Morgan fingerprint density at radius 2 is 1.31 bits per heavy atom. The fourth-order valence-electron chi connectivity index (χ4n) is 5.35. The molecule has 1 fully saturated rings. The molecule has 0 spiro atoms. The normalized spacial score (nSPS) is 22.1. The van der Waals surface area contributed by atoms with E-state index in [-0.39, 0.29) is 40.9 Å². The second kappa shape index (κ2) is 9.55. The summed E-state index contributed by atoms with van der Waals surface area (Å²) in [7, 11) is -1.99. The van der Waals surface area contributed by atoms with Crippen LogP contribution in [0.2, 0.25) is 19.6 Å². The topological polar surface area (TPSA) is 62.1 Å². The van der Waals surface area contributed by atoms with Crippen LogP contribution in [0.25, 0.3) is 0 Å². The molecule has 0 N–H and O–H groups in total. The van der Waals surface area contributed by atoms with E-state index in [1.807, 2.05) is 12.1 Å². The minimum atomic E-state index is -2.42. The minimum Gasteiger partial charge on any atom is -0.357 e. The quantitative estimate of drug-likeness (QED) is 0.116. The third-order valence-corrected chi connectivity index (χ3v) is 18.5. The van der Waals surface area contributed by atoms with E-state index >= 15 is 0 Å². The van der Waals surface area contributed by atoms with Gasteiger partial charge < -0.3 is 4.74 Å². The van der Waals surface area contributed by atoms with Gasteiger partial charge in [0, 0.05) is 36.3 Å². The molecule has 1 aromatic carbocycles. The minimum absolute atomic E-state index is 0.101. The number of nitro benzene ring substituents is 1. The van der Waals surface area contributed by atoms with Gasteiger partial charge in [0.15, 0.2) is 0 Å². The van der Waals surface area contributed by atoms with Gasteiger partial charge in [0.1, 0.15) is 17.4 Å². The number of nitrogens with zero attached hydrogens (tertiary/aromatic N) is 3. The van der Waals surface area contributed by atoms with E-state index in [0.717, 1.165) is 5.56 Å². The number of hydrogen-bond donors (Lipinski definition) is 0. The number of ether oxygens (including phenoxy) is 1. The van der Waals surface area contributed by atoms with E-state index in [0.29, 0.717) is 0 Å². The highest BCUT2D eigenvalue weighted by molar-refractivity contribution is 8.14. The van der Waals surface area contributed by atoms with Crippen LogP contribution in [0, 0.1) is 10.1 Å². The number of nitro groups is 1. The highest BCUT2D eigenvalue weighted by Crippen LogP contribution is 2.81. The fourth-order valence-corrected chi connectivity index (χ4v) is 20.2. The Kier molecular flexibility index (Phi) is 8.24. The van der Waals surface area contributed by atoms with Crippen molar-refractivity contribution >= 4 is 31.9 Å². The number of benzene rings is 1. The summed E-state index contributed by atoms with van der Waals surface area (Å²) in [5, 5.41) is 11.2. The van der Waals surface area contributed by atoms with Crippen LogP contribution >= 0.6 is 6.34 Å². The fraction of sp³-hybridized carbons (Fsp3) is 0.739. The van der Waals surface area contributed by atoms with Gasteiger partial charge >= 0.3 is 0 Å². The molecule has 0 bridgehead atoms. The maximum atomic E-state index is 11.2. The zero-order chi connectivity index (χ0) is 24.8. The van der Waals surface area contributed by atoms with E-state index in [1.54, 1.807) is 12.1 Å². The molecule has 1 aliphatic heterocycles. The van der Waals surface area contributed by atoms with Crippen LogP contribution in [0.5, 0.6) is 0 Å². The molecule has 0 saturated carbocycles. The van der Waals surface area contributed by atoms with Crippen LogP contribution in [-0.2, 0) is 16.5 Å². The van der Waals surface area contributed by atoms with Crippen molar-refractivity contribution < 1.29 is 9.66 Å². The standard InChI is InChI=1S/C23H42N3O3PSSi/c1-16(2)24(17(3)4)30(31,25(18(5)6)19(7)8)23(32(9,10)11)22(29-23)20-12-14-21(15-13-20)26(27)28/h12-19,22H,1-11H3/t22-,23+/m0/s1. The van der Waals surface area contributed by atoms with Crippen molar-refractivity contribution in [3.63, 3.8) is 0 Å². The van der Waals surface area contributed by atoms with Gasteiger partial charge in [-0.25, -0.2) is 0 Å². The molecule has 0 aromatic heterocycles. The van der Waals surface area contributed by atoms with E-state index < -0.39 is 19.4 Å². The Morgan fingerprint density at radius 3 is 1.59 bits per heavy atom. The SMILES string of the molecule is CC(C)N(C(C)C)P(=S)(N(C(C)C)C(C)C)[C@]1([Si](C)(C)C)O[C@H]1c1ccc([N+](=O)[O-])cc1. The maximum Gasteiger partial charge on any atom is 0.269 e. The first-order valence-electron chi connectivity index (χ1n) is 11.6. The van der Waals surface area contributed by atoms with Gasteiger partial charge in [0.05, 0.1) is 13.0 Å². The second-order valence-electron chi connectivity index (χ2n) is 11.0. The van der Waals surface area contributed by atoms with Gasteiger partial charge in [0.25, 0.3) is 5.69 Å². The lowest BCUT2D eigenvalue weighted by Gasteiger charge is -2.55. The number of non-ortho nitro benzene ring substituents is 1. The molecule has 1 aromatic rings. The summed E-state index contributed by atoms with van der Waals surface area (Å²) in [4.78, 5) is 10.4. The molecule has 0 radical (unpaired) electrons. The highest BCUT2D eigenvalue weighted by Gasteiger charge is 2.75. The van der Waals surface area contributed by atoms with Crippen molar-refractivity contribution in [2.75, 3.05) is 0 Å². The van der Waals surface area contributed by atoms with Crippen molar-refractivity contribution in [1.29, 1.82) is 0 Å². The Labute approximate surface area is 201 Å². The zero-order valence-electron chi connectivity index (χ0n) is 21.6. The summed E-state index contributed by atoms with van der Waals surface area (Å²) in [5.41, 5.74) is 1.09. The molecule has 182 valence electrons. The van der Waals surface area contributed by atoms with Crippen molar-refractivity contribution in [3.8, 4) is 0 Å². The largest absolute Gasteiger partial charge is 0.357 e. The zero-order valence-corrected chi connectivity index (χ0v) is 24.3. The predicted molar refractivity (Wildman–Crippen MR) is 142 cm³/mol.